The van der Waals surface area contributed by atoms with Gasteiger partial charge < -0.3 is 15.5 Å². The lowest BCUT2D eigenvalue weighted by Crippen LogP contribution is -2.46. The predicted octanol–water partition coefficient (Wildman–Crippen LogP) is 0.714. The molecule has 1 fully saturated rings. The number of rotatable bonds is 4. The van der Waals surface area contributed by atoms with Crippen LogP contribution in [-0.4, -0.2) is 47.9 Å². The predicted molar refractivity (Wildman–Crippen MR) is 76.7 cm³/mol. The molecule has 1 aliphatic rings. The van der Waals surface area contributed by atoms with Crippen LogP contribution in [0.5, 0.6) is 0 Å². The highest BCUT2D eigenvalue weighted by Gasteiger charge is 2.33. The monoisotopic (exact) mass is 304 g/mol. The molecule has 1 aromatic rings. The van der Waals surface area contributed by atoms with E-state index in [0.717, 1.165) is 6.42 Å². The number of hydrogen-bond donors (Lipinski definition) is 2. The Bertz CT molecular complexity index is 426. The summed E-state index contributed by atoms with van der Waals surface area (Å²) in [5.74, 6) is -0.179. The number of amides is 2. The van der Waals surface area contributed by atoms with Crippen LogP contribution in [0.1, 0.15) is 12.8 Å². The summed E-state index contributed by atoms with van der Waals surface area (Å²) in [5.41, 5.74) is 0. The SMILES string of the molecule is CNCC(=O)N1CCCC1C(=O)Nc1nccs1.Cl. The largest absolute Gasteiger partial charge is 0.330 e. The minimum absolute atomic E-state index is 0. The first-order valence-electron chi connectivity index (χ1n) is 5.87. The first kappa shape index (κ1) is 15.9. The number of nitrogens with zero attached hydrogens (tertiary/aromatic N) is 2. The molecule has 0 spiro atoms. The van der Waals surface area contributed by atoms with Crippen molar-refractivity contribution in [3.8, 4) is 0 Å². The first-order chi connectivity index (χ1) is 8.72. The number of hydrogen-bond acceptors (Lipinski definition) is 5. The second-order valence-corrected chi connectivity index (χ2v) is 5.00. The van der Waals surface area contributed by atoms with Gasteiger partial charge in [-0.15, -0.1) is 23.7 Å². The molecule has 2 amide bonds. The molecule has 1 aromatic heterocycles. The highest BCUT2D eigenvalue weighted by molar-refractivity contribution is 7.13. The van der Waals surface area contributed by atoms with Gasteiger partial charge in [0.1, 0.15) is 6.04 Å². The summed E-state index contributed by atoms with van der Waals surface area (Å²) < 4.78 is 0. The summed E-state index contributed by atoms with van der Waals surface area (Å²) in [6.07, 6.45) is 3.22. The highest BCUT2D eigenvalue weighted by atomic mass is 35.5. The zero-order valence-corrected chi connectivity index (χ0v) is 12.2. The topological polar surface area (TPSA) is 74.3 Å². The number of carbonyl (C=O) groups excluding carboxylic acids is 2. The molecule has 1 atom stereocenters. The summed E-state index contributed by atoms with van der Waals surface area (Å²) in [5, 5.41) is 7.94. The van der Waals surface area contributed by atoms with E-state index in [-0.39, 0.29) is 36.8 Å². The molecule has 0 aromatic carbocycles. The minimum atomic E-state index is -0.366. The molecule has 19 heavy (non-hydrogen) atoms. The van der Waals surface area contributed by atoms with Gasteiger partial charge in [-0.05, 0) is 19.9 Å². The lowest BCUT2D eigenvalue weighted by molar-refractivity contribution is -0.135. The molecular weight excluding hydrogens is 288 g/mol. The fourth-order valence-electron chi connectivity index (χ4n) is 2.06. The average molecular weight is 305 g/mol. The number of likely N-dealkylation sites (N-methyl/N-ethyl adjacent to an activating group) is 1. The Hall–Kier alpha value is -1.18. The van der Waals surface area contributed by atoms with Crippen molar-refractivity contribution in [2.45, 2.75) is 18.9 Å². The molecular formula is C11H17ClN4O2S. The van der Waals surface area contributed by atoms with Crippen LogP contribution < -0.4 is 10.6 Å². The van der Waals surface area contributed by atoms with Crippen molar-refractivity contribution >= 4 is 40.7 Å². The molecule has 2 N–H and O–H groups in total. The van der Waals surface area contributed by atoms with E-state index in [0.29, 0.717) is 18.1 Å². The fraction of sp³-hybridized carbons (Fsp3) is 0.545. The van der Waals surface area contributed by atoms with Crippen LogP contribution in [-0.2, 0) is 9.59 Å². The van der Waals surface area contributed by atoms with E-state index < -0.39 is 0 Å². The number of thiazole rings is 1. The molecule has 0 saturated carbocycles. The third-order valence-corrected chi connectivity index (χ3v) is 3.55. The van der Waals surface area contributed by atoms with Crippen molar-refractivity contribution in [2.24, 2.45) is 0 Å². The van der Waals surface area contributed by atoms with Crippen LogP contribution in [0.25, 0.3) is 0 Å². The summed E-state index contributed by atoms with van der Waals surface area (Å²) in [6, 6.07) is -0.366. The van der Waals surface area contributed by atoms with E-state index in [1.807, 2.05) is 0 Å². The van der Waals surface area contributed by atoms with Crippen LogP contribution in [0.2, 0.25) is 0 Å². The van der Waals surface area contributed by atoms with Crippen LogP contribution in [0, 0.1) is 0 Å². The Morgan fingerprint density at radius 3 is 3.00 bits per heavy atom. The van der Waals surface area contributed by atoms with Crippen LogP contribution in [0.3, 0.4) is 0 Å². The molecule has 0 bridgehead atoms. The summed E-state index contributed by atoms with van der Waals surface area (Å²) in [6.45, 7) is 0.914. The molecule has 8 heteroatoms. The van der Waals surface area contributed by atoms with E-state index in [1.165, 1.54) is 11.3 Å². The normalized spacial score (nSPS) is 17.9. The van der Waals surface area contributed by atoms with Gasteiger partial charge in [0.2, 0.25) is 11.8 Å². The number of anilines is 1. The zero-order valence-electron chi connectivity index (χ0n) is 10.6. The maximum atomic E-state index is 12.1. The van der Waals surface area contributed by atoms with Gasteiger partial charge in [-0.3, -0.25) is 9.59 Å². The molecule has 1 saturated heterocycles. The second kappa shape index (κ2) is 7.42. The van der Waals surface area contributed by atoms with Crippen LogP contribution in [0.15, 0.2) is 11.6 Å². The molecule has 0 radical (unpaired) electrons. The molecule has 0 aliphatic carbocycles. The van der Waals surface area contributed by atoms with Gasteiger partial charge in [0.05, 0.1) is 6.54 Å². The number of halogens is 1. The Morgan fingerprint density at radius 1 is 1.58 bits per heavy atom. The quantitative estimate of drug-likeness (QED) is 0.859. The van der Waals surface area contributed by atoms with Crippen molar-refractivity contribution in [1.82, 2.24) is 15.2 Å². The average Bonchev–Trinajstić information content (AvgIpc) is 2.99. The van der Waals surface area contributed by atoms with Crippen molar-refractivity contribution in [3.05, 3.63) is 11.6 Å². The van der Waals surface area contributed by atoms with Crippen molar-refractivity contribution in [1.29, 1.82) is 0 Å². The summed E-state index contributed by atoms with van der Waals surface area (Å²) in [7, 11) is 1.72. The van der Waals surface area contributed by atoms with Crippen LogP contribution >= 0.6 is 23.7 Å². The Morgan fingerprint density at radius 2 is 2.37 bits per heavy atom. The molecule has 106 valence electrons. The summed E-state index contributed by atoms with van der Waals surface area (Å²) >= 11 is 1.37. The third-order valence-electron chi connectivity index (χ3n) is 2.87. The van der Waals surface area contributed by atoms with Gasteiger partial charge in [0.15, 0.2) is 5.13 Å². The lowest BCUT2D eigenvalue weighted by Gasteiger charge is -2.23. The van der Waals surface area contributed by atoms with E-state index >= 15 is 0 Å². The smallest absolute Gasteiger partial charge is 0.248 e. The van der Waals surface area contributed by atoms with Gasteiger partial charge in [-0.2, -0.15) is 0 Å². The van der Waals surface area contributed by atoms with Gasteiger partial charge in [-0.25, -0.2) is 4.98 Å². The fourth-order valence-corrected chi connectivity index (χ4v) is 2.60. The molecule has 1 unspecified atom stereocenters. The maximum absolute atomic E-state index is 12.1. The van der Waals surface area contributed by atoms with E-state index in [2.05, 4.69) is 15.6 Å². The Balaban J connectivity index is 0.00000180. The van der Waals surface area contributed by atoms with Gasteiger partial charge in [-0.1, -0.05) is 0 Å². The van der Waals surface area contributed by atoms with Crippen LogP contribution in [0.4, 0.5) is 5.13 Å². The van der Waals surface area contributed by atoms with Crippen molar-refractivity contribution in [3.63, 3.8) is 0 Å². The van der Waals surface area contributed by atoms with E-state index in [4.69, 9.17) is 0 Å². The third kappa shape index (κ3) is 3.89. The Kier molecular flexibility index (Phi) is 6.20. The van der Waals surface area contributed by atoms with E-state index in [1.54, 1.807) is 23.5 Å². The van der Waals surface area contributed by atoms with Gasteiger partial charge in [0, 0.05) is 18.1 Å². The van der Waals surface area contributed by atoms with Crippen molar-refractivity contribution < 1.29 is 9.59 Å². The minimum Gasteiger partial charge on any atom is -0.330 e. The Labute approximate surface area is 122 Å². The lowest BCUT2D eigenvalue weighted by atomic mass is 10.2. The number of likely N-dealkylation sites (tertiary alicyclic amines) is 1. The number of nitrogens with one attached hydrogen (secondary N) is 2. The molecule has 2 heterocycles. The maximum Gasteiger partial charge on any atom is 0.248 e. The van der Waals surface area contributed by atoms with E-state index in [9.17, 15) is 9.59 Å². The first-order valence-corrected chi connectivity index (χ1v) is 6.74. The van der Waals surface area contributed by atoms with Crippen molar-refractivity contribution in [2.75, 3.05) is 25.5 Å². The molecule has 1 aliphatic heterocycles. The highest BCUT2D eigenvalue weighted by Crippen LogP contribution is 2.20. The molecule has 2 rings (SSSR count). The van der Waals surface area contributed by atoms with Gasteiger partial charge in [0.25, 0.3) is 0 Å². The summed E-state index contributed by atoms with van der Waals surface area (Å²) in [4.78, 5) is 29.5. The number of aromatic nitrogens is 1. The number of carbonyl (C=O) groups is 2. The zero-order chi connectivity index (χ0) is 13.0. The second-order valence-electron chi connectivity index (χ2n) is 4.10. The standard InChI is InChI=1S/C11H16N4O2S.ClH/c1-12-7-9(16)15-5-2-3-8(15)10(17)14-11-13-4-6-18-11;/h4,6,8,12H,2-3,5,7H2,1H3,(H,13,14,17);1H. The molecule has 6 nitrogen and oxygen atoms in total. The van der Waals surface area contributed by atoms with Gasteiger partial charge >= 0.3 is 0 Å².